The molecule has 1 unspecified atom stereocenters. The molecule has 0 aliphatic heterocycles. The molecule has 0 heterocycles. The maximum atomic E-state index is 13.4. The molecule has 0 bridgehead atoms. The van der Waals surface area contributed by atoms with Crippen LogP contribution >= 0.6 is 0 Å². The Hall–Kier alpha value is -1.94. The van der Waals surface area contributed by atoms with Gasteiger partial charge in [0.1, 0.15) is 11.6 Å². The first-order valence-corrected chi connectivity index (χ1v) is 6.50. The van der Waals surface area contributed by atoms with Gasteiger partial charge >= 0.3 is 0 Å². The fraction of sp³-hybridized carbons (Fsp3) is 0.250. The molecule has 0 amide bonds. The molecule has 0 radical (unpaired) electrons. The fourth-order valence-electron chi connectivity index (χ4n) is 2.20. The average molecular weight is 277 g/mol. The first-order chi connectivity index (χ1) is 9.59. The highest BCUT2D eigenvalue weighted by Crippen LogP contribution is 2.30. The van der Waals surface area contributed by atoms with E-state index in [2.05, 4.69) is 5.32 Å². The van der Waals surface area contributed by atoms with Crippen LogP contribution in [0.3, 0.4) is 0 Å². The molecular weight excluding hydrogens is 260 g/mol. The van der Waals surface area contributed by atoms with Gasteiger partial charge in [0, 0.05) is 5.69 Å². The topological polar surface area (TPSA) is 32.3 Å². The maximum absolute atomic E-state index is 13.4. The Balaban J connectivity index is 2.36. The number of aliphatic hydroxyl groups excluding tert-OH is 1. The van der Waals surface area contributed by atoms with Crippen LogP contribution in [0.5, 0.6) is 0 Å². The van der Waals surface area contributed by atoms with Crippen molar-refractivity contribution in [3.8, 4) is 0 Å². The van der Waals surface area contributed by atoms with E-state index >= 15 is 0 Å². The van der Waals surface area contributed by atoms with Gasteiger partial charge in [0.2, 0.25) is 0 Å². The highest BCUT2D eigenvalue weighted by molar-refractivity contribution is 5.48. The molecule has 2 nitrogen and oxygen atoms in total. The third kappa shape index (κ3) is 2.96. The molecule has 0 spiro atoms. The van der Waals surface area contributed by atoms with Gasteiger partial charge in [-0.05, 0) is 48.4 Å². The number of hydrogen-bond acceptors (Lipinski definition) is 2. The molecule has 0 saturated carbocycles. The second kappa shape index (κ2) is 6.01. The van der Waals surface area contributed by atoms with Crippen LogP contribution in [0.25, 0.3) is 0 Å². The predicted octanol–water partition coefficient (Wildman–Crippen LogP) is 3.67. The summed E-state index contributed by atoms with van der Waals surface area (Å²) in [6.45, 7) is 1.71. The molecule has 20 heavy (non-hydrogen) atoms. The summed E-state index contributed by atoms with van der Waals surface area (Å²) in [5.41, 5.74) is 0.540. The zero-order chi connectivity index (χ0) is 14.6. The lowest BCUT2D eigenvalue weighted by Crippen LogP contribution is -2.38. The first-order valence-electron chi connectivity index (χ1n) is 6.50. The van der Waals surface area contributed by atoms with Crippen molar-refractivity contribution in [1.82, 2.24) is 0 Å². The number of halogens is 2. The number of hydrogen-bond donors (Lipinski definition) is 2. The van der Waals surface area contributed by atoms with Crippen LogP contribution in [0.2, 0.25) is 0 Å². The minimum atomic E-state index is -0.792. The predicted molar refractivity (Wildman–Crippen MR) is 75.5 cm³/mol. The lowest BCUT2D eigenvalue weighted by Gasteiger charge is -2.33. The normalized spacial score (nSPS) is 13.8. The van der Waals surface area contributed by atoms with E-state index in [0.29, 0.717) is 17.7 Å². The van der Waals surface area contributed by atoms with Gasteiger partial charge in [0.15, 0.2) is 0 Å². The van der Waals surface area contributed by atoms with Gasteiger partial charge in [-0.15, -0.1) is 0 Å². The van der Waals surface area contributed by atoms with Crippen molar-refractivity contribution < 1.29 is 13.9 Å². The van der Waals surface area contributed by atoms with E-state index in [1.807, 2.05) is 6.92 Å². The van der Waals surface area contributed by atoms with Crippen molar-refractivity contribution in [3.63, 3.8) is 0 Å². The fourth-order valence-corrected chi connectivity index (χ4v) is 2.20. The largest absolute Gasteiger partial charge is 0.394 e. The summed E-state index contributed by atoms with van der Waals surface area (Å²) < 4.78 is 26.3. The minimum Gasteiger partial charge on any atom is -0.394 e. The Morgan fingerprint density at radius 2 is 1.75 bits per heavy atom. The molecule has 4 heteroatoms. The average Bonchev–Trinajstić information content (AvgIpc) is 2.47. The zero-order valence-corrected chi connectivity index (χ0v) is 11.2. The van der Waals surface area contributed by atoms with Gasteiger partial charge in [0.05, 0.1) is 12.1 Å². The molecule has 0 aliphatic rings. The van der Waals surface area contributed by atoms with E-state index in [0.717, 1.165) is 0 Å². The van der Waals surface area contributed by atoms with Crippen LogP contribution < -0.4 is 5.32 Å². The summed E-state index contributed by atoms with van der Waals surface area (Å²) in [4.78, 5) is 0. The van der Waals surface area contributed by atoms with E-state index in [1.165, 1.54) is 24.3 Å². The molecule has 106 valence electrons. The Bertz CT molecular complexity index is 565. The third-order valence-electron chi connectivity index (χ3n) is 3.48. The molecule has 2 aromatic rings. The van der Waals surface area contributed by atoms with Crippen molar-refractivity contribution >= 4 is 5.69 Å². The van der Waals surface area contributed by atoms with Gasteiger partial charge < -0.3 is 10.4 Å². The second-order valence-corrected chi connectivity index (χ2v) is 4.74. The van der Waals surface area contributed by atoms with Crippen molar-refractivity contribution in [1.29, 1.82) is 0 Å². The number of aliphatic hydroxyl groups is 1. The first kappa shape index (κ1) is 14.5. The summed E-state index contributed by atoms with van der Waals surface area (Å²) in [5, 5.41) is 13.0. The quantitative estimate of drug-likeness (QED) is 0.874. The molecule has 2 N–H and O–H groups in total. The Kier molecular flexibility index (Phi) is 4.35. The zero-order valence-electron chi connectivity index (χ0n) is 11.2. The monoisotopic (exact) mass is 277 g/mol. The van der Waals surface area contributed by atoms with E-state index in [9.17, 15) is 13.9 Å². The molecule has 0 aromatic heterocycles. The maximum Gasteiger partial charge on any atom is 0.123 e. The summed E-state index contributed by atoms with van der Waals surface area (Å²) >= 11 is 0. The van der Waals surface area contributed by atoms with Gasteiger partial charge in [-0.25, -0.2) is 8.78 Å². The van der Waals surface area contributed by atoms with Crippen LogP contribution in [0, 0.1) is 11.6 Å². The van der Waals surface area contributed by atoms with Gasteiger partial charge in [-0.1, -0.05) is 19.1 Å². The van der Waals surface area contributed by atoms with Crippen molar-refractivity contribution in [2.75, 3.05) is 11.9 Å². The van der Waals surface area contributed by atoms with Crippen LogP contribution in [0.1, 0.15) is 18.9 Å². The summed E-state index contributed by atoms with van der Waals surface area (Å²) in [6, 6.07) is 12.0. The Morgan fingerprint density at radius 1 is 1.05 bits per heavy atom. The van der Waals surface area contributed by atoms with E-state index in [1.54, 1.807) is 24.3 Å². The summed E-state index contributed by atoms with van der Waals surface area (Å²) in [5.74, 6) is -0.679. The third-order valence-corrected chi connectivity index (χ3v) is 3.48. The van der Waals surface area contributed by atoms with Gasteiger partial charge in [-0.3, -0.25) is 0 Å². The standard InChI is InChI=1S/C16H17F2NO/c1-2-16(11-20,12-4-3-5-14(18)10-12)19-15-8-6-13(17)7-9-15/h3-10,19-20H,2,11H2,1H3. The van der Waals surface area contributed by atoms with Gasteiger partial charge in [0.25, 0.3) is 0 Å². The molecule has 0 saturated heterocycles. The SMILES string of the molecule is CCC(CO)(Nc1ccc(F)cc1)c1cccc(F)c1. The number of anilines is 1. The molecule has 2 aromatic carbocycles. The Labute approximate surface area is 117 Å². The lowest BCUT2D eigenvalue weighted by molar-refractivity contribution is 0.207. The molecule has 0 aliphatic carbocycles. The number of benzene rings is 2. The Morgan fingerprint density at radius 3 is 2.30 bits per heavy atom. The number of nitrogens with one attached hydrogen (secondary N) is 1. The molecular formula is C16H17F2NO. The molecule has 0 fully saturated rings. The minimum absolute atomic E-state index is 0.190. The van der Waals surface area contributed by atoms with E-state index in [-0.39, 0.29) is 18.2 Å². The van der Waals surface area contributed by atoms with Crippen molar-refractivity contribution in [2.45, 2.75) is 18.9 Å². The van der Waals surface area contributed by atoms with Crippen LogP contribution in [0.15, 0.2) is 48.5 Å². The smallest absolute Gasteiger partial charge is 0.123 e. The van der Waals surface area contributed by atoms with Gasteiger partial charge in [-0.2, -0.15) is 0 Å². The summed E-state index contributed by atoms with van der Waals surface area (Å²) in [7, 11) is 0. The highest BCUT2D eigenvalue weighted by atomic mass is 19.1. The van der Waals surface area contributed by atoms with Crippen molar-refractivity contribution in [2.24, 2.45) is 0 Å². The van der Waals surface area contributed by atoms with Crippen molar-refractivity contribution in [3.05, 3.63) is 65.7 Å². The molecule has 2 rings (SSSR count). The van der Waals surface area contributed by atoms with E-state index < -0.39 is 5.54 Å². The van der Waals surface area contributed by atoms with Crippen LogP contribution in [-0.4, -0.2) is 11.7 Å². The number of rotatable bonds is 5. The van der Waals surface area contributed by atoms with Crippen LogP contribution in [0.4, 0.5) is 14.5 Å². The molecule has 1 atom stereocenters. The van der Waals surface area contributed by atoms with Crippen LogP contribution in [-0.2, 0) is 5.54 Å². The summed E-state index contributed by atoms with van der Waals surface area (Å²) in [6.07, 6.45) is 0.560. The second-order valence-electron chi connectivity index (χ2n) is 4.74. The highest BCUT2D eigenvalue weighted by Gasteiger charge is 2.29. The lowest BCUT2D eigenvalue weighted by atomic mass is 9.87. The van der Waals surface area contributed by atoms with E-state index in [4.69, 9.17) is 0 Å².